The number of anilines is 1. The quantitative estimate of drug-likeness (QED) is 0.781. The maximum atomic E-state index is 13.3. The largest absolute Gasteiger partial charge is 0.396 e. The molecule has 1 atom stereocenters. The van der Waals surface area contributed by atoms with Crippen molar-refractivity contribution in [3.63, 3.8) is 0 Å². The molecule has 0 amide bonds. The zero-order valence-electron chi connectivity index (χ0n) is 11.8. The minimum absolute atomic E-state index is 0.0365. The zero-order chi connectivity index (χ0) is 15.6. The molecule has 1 aromatic rings. The molecule has 8 heteroatoms. The van der Waals surface area contributed by atoms with Crippen LogP contribution in [0.1, 0.15) is 12.8 Å². The summed E-state index contributed by atoms with van der Waals surface area (Å²) in [6, 6.07) is 2.20. The van der Waals surface area contributed by atoms with Gasteiger partial charge in [-0.25, -0.2) is 17.5 Å². The fourth-order valence-corrected chi connectivity index (χ4v) is 4.66. The van der Waals surface area contributed by atoms with E-state index in [9.17, 15) is 12.8 Å². The van der Waals surface area contributed by atoms with Gasteiger partial charge < -0.3 is 10.6 Å². The van der Waals surface area contributed by atoms with Crippen LogP contribution in [-0.4, -0.2) is 40.0 Å². The fourth-order valence-electron chi connectivity index (χ4n) is 2.50. The molecule has 0 radical (unpaired) electrons. The maximum Gasteiger partial charge on any atom is 0.241 e. The summed E-state index contributed by atoms with van der Waals surface area (Å²) in [6.45, 7) is 2.29. The van der Waals surface area contributed by atoms with Crippen LogP contribution in [0.15, 0.2) is 21.5 Å². The van der Waals surface area contributed by atoms with Crippen LogP contribution in [0.4, 0.5) is 10.1 Å². The van der Waals surface area contributed by atoms with E-state index in [-0.39, 0.29) is 21.0 Å². The van der Waals surface area contributed by atoms with Crippen molar-refractivity contribution in [1.29, 1.82) is 0 Å². The van der Waals surface area contributed by atoms with E-state index in [1.165, 1.54) is 0 Å². The number of nitrogen functional groups attached to an aromatic ring is 1. The van der Waals surface area contributed by atoms with E-state index in [0.29, 0.717) is 6.54 Å². The Labute approximate surface area is 132 Å². The summed E-state index contributed by atoms with van der Waals surface area (Å²) in [5, 5.41) is 0. The van der Waals surface area contributed by atoms with E-state index < -0.39 is 15.8 Å². The average molecular weight is 380 g/mol. The second-order valence-corrected chi connectivity index (χ2v) is 8.02. The summed E-state index contributed by atoms with van der Waals surface area (Å²) in [5.41, 5.74) is 5.26. The number of piperidine rings is 1. The lowest BCUT2D eigenvalue weighted by Crippen LogP contribution is -2.39. The molecule has 1 unspecified atom stereocenters. The molecule has 0 saturated carbocycles. The molecule has 1 fully saturated rings. The van der Waals surface area contributed by atoms with Gasteiger partial charge in [0.2, 0.25) is 10.0 Å². The highest BCUT2D eigenvalue weighted by molar-refractivity contribution is 9.10. The number of hydrogen-bond acceptors (Lipinski definition) is 4. The molecule has 0 aromatic heterocycles. The average Bonchev–Trinajstić information content (AvgIpc) is 2.41. The first-order valence-corrected chi connectivity index (χ1v) is 9.00. The van der Waals surface area contributed by atoms with Crippen LogP contribution in [0.3, 0.4) is 0 Å². The van der Waals surface area contributed by atoms with Crippen molar-refractivity contribution >= 4 is 31.6 Å². The molecule has 5 nitrogen and oxygen atoms in total. The highest BCUT2D eigenvalue weighted by atomic mass is 79.9. The molecule has 1 heterocycles. The van der Waals surface area contributed by atoms with Crippen molar-refractivity contribution in [3.8, 4) is 0 Å². The summed E-state index contributed by atoms with van der Waals surface area (Å²) in [5.74, 6) is -0.357. The molecule has 1 saturated heterocycles. The van der Waals surface area contributed by atoms with Gasteiger partial charge in [0.1, 0.15) is 5.82 Å². The number of rotatable bonds is 4. The second-order valence-electron chi connectivity index (χ2n) is 5.43. The number of benzene rings is 1. The van der Waals surface area contributed by atoms with Crippen molar-refractivity contribution in [2.24, 2.45) is 5.92 Å². The Kier molecular flexibility index (Phi) is 5.24. The standard InChI is InChI=1S/C13H19BrFN3O2S/c1-18-4-2-3-9(8-18)7-17-21(19,20)13-6-12(16)11(15)5-10(13)14/h5-6,9,17H,2-4,7-8,16H2,1H3. The topological polar surface area (TPSA) is 75.4 Å². The third-order valence-corrected chi connectivity index (χ3v) is 6.01. The molecule has 0 bridgehead atoms. The molecule has 1 aliphatic heterocycles. The Morgan fingerprint density at radius 2 is 2.24 bits per heavy atom. The molecular formula is C13H19BrFN3O2S. The summed E-state index contributed by atoms with van der Waals surface area (Å²) < 4.78 is 40.7. The highest BCUT2D eigenvalue weighted by Gasteiger charge is 2.23. The lowest BCUT2D eigenvalue weighted by Gasteiger charge is -2.29. The Balaban J connectivity index is 2.10. The lowest BCUT2D eigenvalue weighted by atomic mass is 9.99. The van der Waals surface area contributed by atoms with Gasteiger partial charge in [-0.15, -0.1) is 0 Å². The second kappa shape index (κ2) is 6.60. The van der Waals surface area contributed by atoms with E-state index in [4.69, 9.17) is 5.73 Å². The number of sulfonamides is 1. The molecule has 21 heavy (non-hydrogen) atoms. The van der Waals surface area contributed by atoms with E-state index in [1.807, 2.05) is 7.05 Å². The van der Waals surface area contributed by atoms with Gasteiger partial charge in [0.05, 0.1) is 10.6 Å². The first-order valence-electron chi connectivity index (χ1n) is 6.72. The normalized spacial score (nSPS) is 20.6. The first kappa shape index (κ1) is 16.7. The van der Waals surface area contributed by atoms with Crippen LogP contribution in [0, 0.1) is 11.7 Å². The molecule has 1 aromatic carbocycles. The number of halogens is 2. The Morgan fingerprint density at radius 1 is 1.52 bits per heavy atom. The third kappa shape index (κ3) is 4.15. The van der Waals surface area contributed by atoms with E-state index >= 15 is 0 Å². The molecule has 2 rings (SSSR count). The Hall–Kier alpha value is -0.700. The predicted octanol–water partition coefficient (Wildman–Crippen LogP) is 1.79. The predicted molar refractivity (Wildman–Crippen MR) is 83.9 cm³/mol. The Bertz CT molecular complexity index is 624. The monoisotopic (exact) mass is 379 g/mol. The molecule has 1 aliphatic rings. The molecule has 0 spiro atoms. The number of nitrogens with one attached hydrogen (secondary N) is 1. The van der Waals surface area contributed by atoms with Crippen LogP contribution >= 0.6 is 15.9 Å². The lowest BCUT2D eigenvalue weighted by molar-refractivity contribution is 0.211. The van der Waals surface area contributed by atoms with Crippen LogP contribution in [-0.2, 0) is 10.0 Å². The number of hydrogen-bond donors (Lipinski definition) is 2. The van der Waals surface area contributed by atoms with Gasteiger partial charge in [0, 0.05) is 17.6 Å². The smallest absolute Gasteiger partial charge is 0.241 e. The first-order chi connectivity index (χ1) is 9.79. The minimum Gasteiger partial charge on any atom is -0.396 e. The molecule has 0 aliphatic carbocycles. The molecule has 118 valence electrons. The summed E-state index contributed by atoms with van der Waals surface area (Å²) in [7, 11) is -1.68. The van der Waals surface area contributed by atoms with Gasteiger partial charge >= 0.3 is 0 Å². The van der Waals surface area contributed by atoms with Gasteiger partial charge in [-0.1, -0.05) is 0 Å². The summed E-state index contributed by atoms with van der Waals surface area (Å²) >= 11 is 3.07. The number of nitrogens with zero attached hydrogens (tertiary/aromatic N) is 1. The summed E-state index contributed by atoms with van der Waals surface area (Å²) in [4.78, 5) is 2.15. The van der Waals surface area contributed by atoms with Crippen molar-refractivity contribution < 1.29 is 12.8 Å². The third-order valence-electron chi connectivity index (χ3n) is 3.62. The SMILES string of the molecule is CN1CCCC(CNS(=O)(=O)c2cc(N)c(F)cc2Br)C1. The van der Waals surface area contributed by atoms with Gasteiger partial charge in [-0.3, -0.25) is 0 Å². The van der Waals surface area contributed by atoms with E-state index in [1.54, 1.807) is 0 Å². The Morgan fingerprint density at radius 3 is 2.90 bits per heavy atom. The van der Waals surface area contributed by atoms with Gasteiger partial charge in [-0.05, 0) is 60.4 Å². The molecule has 3 N–H and O–H groups in total. The van der Waals surface area contributed by atoms with Crippen molar-refractivity contribution in [3.05, 3.63) is 22.4 Å². The van der Waals surface area contributed by atoms with Crippen LogP contribution in [0.25, 0.3) is 0 Å². The number of likely N-dealkylation sites (tertiary alicyclic amines) is 1. The van der Waals surface area contributed by atoms with Crippen LogP contribution in [0.2, 0.25) is 0 Å². The maximum absolute atomic E-state index is 13.3. The zero-order valence-corrected chi connectivity index (χ0v) is 14.2. The van der Waals surface area contributed by atoms with Gasteiger partial charge in [-0.2, -0.15) is 0 Å². The van der Waals surface area contributed by atoms with E-state index in [0.717, 1.165) is 38.1 Å². The number of nitrogens with two attached hydrogens (primary N) is 1. The highest BCUT2D eigenvalue weighted by Crippen LogP contribution is 2.27. The fraction of sp³-hybridized carbons (Fsp3) is 0.538. The minimum atomic E-state index is -3.71. The van der Waals surface area contributed by atoms with Crippen molar-refractivity contribution in [2.75, 3.05) is 32.4 Å². The van der Waals surface area contributed by atoms with E-state index in [2.05, 4.69) is 25.6 Å². The van der Waals surface area contributed by atoms with Gasteiger partial charge in [0.15, 0.2) is 0 Å². The van der Waals surface area contributed by atoms with Crippen LogP contribution in [0.5, 0.6) is 0 Å². The molecular weight excluding hydrogens is 361 g/mol. The van der Waals surface area contributed by atoms with Crippen molar-refractivity contribution in [1.82, 2.24) is 9.62 Å². The van der Waals surface area contributed by atoms with Gasteiger partial charge in [0.25, 0.3) is 0 Å². The van der Waals surface area contributed by atoms with Crippen LogP contribution < -0.4 is 10.5 Å². The summed E-state index contributed by atoms with van der Waals surface area (Å²) in [6.07, 6.45) is 2.07. The van der Waals surface area contributed by atoms with Crippen molar-refractivity contribution in [2.45, 2.75) is 17.7 Å².